The predicted octanol–water partition coefficient (Wildman–Crippen LogP) is -0.0608. The zero-order valence-corrected chi connectivity index (χ0v) is 10.4. The molecule has 0 spiro atoms. The normalized spacial score (nSPS) is 31.1. The largest absolute Gasteiger partial charge is 0.493 e. The Hall–Kier alpha value is -1.03. The average molecular weight is 264 g/mol. The minimum absolute atomic E-state index is 0.0114. The van der Waals surface area contributed by atoms with Crippen LogP contribution in [0.15, 0.2) is 12.3 Å². The fraction of sp³-hybridized carbons (Fsp3) is 0.700. The first-order valence-corrected chi connectivity index (χ1v) is 5.10. The van der Waals surface area contributed by atoms with Crippen molar-refractivity contribution in [1.29, 1.82) is 0 Å². The van der Waals surface area contributed by atoms with Crippen LogP contribution in [-0.2, 0) is 38.9 Å². The van der Waals surface area contributed by atoms with Crippen LogP contribution in [0.3, 0.4) is 0 Å². The van der Waals surface area contributed by atoms with E-state index in [0.717, 1.165) is 0 Å². The molecule has 0 fully saturated rings. The maximum Gasteiger partial charge on any atom is 0.212 e. The van der Waals surface area contributed by atoms with Crippen molar-refractivity contribution in [3.63, 3.8) is 0 Å². The summed E-state index contributed by atoms with van der Waals surface area (Å²) >= 11 is 0. The van der Waals surface area contributed by atoms with Gasteiger partial charge in [0.2, 0.25) is 5.60 Å². The van der Waals surface area contributed by atoms with E-state index >= 15 is 0 Å². The smallest absolute Gasteiger partial charge is 0.212 e. The average Bonchev–Trinajstić information content (AvgIpc) is 2.39. The van der Waals surface area contributed by atoms with E-state index in [4.69, 9.17) is 19.4 Å². The van der Waals surface area contributed by atoms with Gasteiger partial charge in [-0.1, -0.05) is 0 Å². The Labute approximate surface area is 104 Å². The number of hydrogen-bond acceptors (Lipinski definition) is 8. The first-order chi connectivity index (χ1) is 8.74. The van der Waals surface area contributed by atoms with Crippen LogP contribution >= 0.6 is 0 Å². The molecule has 0 aromatic rings. The molecule has 0 aliphatic carbocycles. The highest BCUT2D eigenvalue weighted by molar-refractivity contribution is 5.68. The summed E-state index contributed by atoms with van der Waals surface area (Å²) in [7, 11) is 3.93. The number of hydrogen-bond donors (Lipinski definition) is 0. The van der Waals surface area contributed by atoms with Crippen LogP contribution in [0, 0.1) is 0 Å². The molecule has 1 heterocycles. The molecule has 1 aliphatic heterocycles. The predicted molar refractivity (Wildman–Crippen MR) is 55.7 cm³/mol. The highest BCUT2D eigenvalue weighted by atomic mass is 17.2. The van der Waals surface area contributed by atoms with Gasteiger partial charge in [0, 0.05) is 0 Å². The van der Waals surface area contributed by atoms with Crippen molar-refractivity contribution in [2.75, 3.05) is 27.9 Å². The molecule has 18 heavy (non-hydrogen) atoms. The Bertz CT molecular complexity index is 281. The Balaban J connectivity index is 2.88. The van der Waals surface area contributed by atoms with Crippen molar-refractivity contribution in [3.8, 4) is 0 Å². The number of rotatable bonds is 8. The van der Waals surface area contributed by atoms with E-state index in [0.29, 0.717) is 6.29 Å². The third-order valence-corrected chi connectivity index (χ3v) is 2.33. The topological polar surface area (TPSA) is 81.7 Å². The van der Waals surface area contributed by atoms with E-state index in [1.807, 2.05) is 0 Å². The van der Waals surface area contributed by atoms with Gasteiger partial charge < -0.3 is 4.74 Å². The van der Waals surface area contributed by atoms with Gasteiger partial charge in [-0.25, -0.2) is 29.3 Å². The van der Waals surface area contributed by atoms with Crippen molar-refractivity contribution in [2.45, 2.75) is 17.8 Å². The summed E-state index contributed by atoms with van der Waals surface area (Å²) < 4.78 is 5.26. The zero-order chi connectivity index (χ0) is 13.4. The Morgan fingerprint density at radius 2 is 2.06 bits per heavy atom. The molecular formula is C10H16O8. The van der Waals surface area contributed by atoms with Gasteiger partial charge in [-0.3, -0.25) is 4.79 Å². The van der Waals surface area contributed by atoms with Gasteiger partial charge in [-0.15, -0.1) is 0 Å². The third kappa shape index (κ3) is 3.25. The van der Waals surface area contributed by atoms with Crippen molar-refractivity contribution in [1.82, 2.24) is 0 Å². The lowest BCUT2D eigenvalue weighted by molar-refractivity contribution is -0.405. The van der Waals surface area contributed by atoms with Gasteiger partial charge in [-0.05, 0) is 6.08 Å². The van der Waals surface area contributed by atoms with Crippen LogP contribution in [0.4, 0.5) is 0 Å². The van der Waals surface area contributed by atoms with Gasteiger partial charge >= 0.3 is 0 Å². The SMILES string of the molecule is COOC[C@H]1OC=C[C@@](C=O)(OOC)[C@H]1OOC. The quantitative estimate of drug-likeness (QED) is 0.342. The van der Waals surface area contributed by atoms with Gasteiger partial charge in [0.15, 0.2) is 18.5 Å². The van der Waals surface area contributed by atoms with E-state index in [1.54, 1.807) is 0 Å². The van der Waals surface area contributed by atoms with E-state index in [9.17, 15) is 4.79 Å². The van der Waals surface area contributed by atoms with Gasteiger partial charge in [0.1, 0.15) is 6.61 Å². The van der Waals surface area contributed by atoms with Gasteiger partial charge in [-0.2, -0.15) is 0 Å². The van der Waals surface area contributed by atoms with Gasteiger partial charge in [0.05, 0.1) is 27.6 Å². The molecule has 0 saturated heterocycles. The summed E-state index contributed by atoms with van der Waals surface area (Å²) in [6, 6.07) is 0. The second kappa shape index (κ2) is 7.41. The Kier molecular flexibility index (Phi) is 6.19. The highest BCUT2D eigenvalue weighted by Crippen LogP contribution is 2.28. The summed E-state index contributed by atoms with van der Waals surface area (Å²) in [5, 5.41) is 0. The maximum atomic E-state index is 11.3. The first kappa shape index (κ1) is 15.0. The monoisotopic (exact) mass is 264 g/mol. The molecule has 0 aromatic carbocycles. The van der Waals surface area contributed by atoms with Crippen molar-refractivity contribution in [3.05, 3.63) is 12.3 Å². The van der Waals surface area contributed by atoms with E-state index in [1.165, 1.54) is 33.7 Å². The lowest BCUT2D eigenvalue weighted by Gasteiger charge is -2.37. The number of ether oxygens (including phenoxy) is 1. The van der Waals surface area contributed by atoms with E-state index in [2.05, 4.69) is 14.7 Å². The van der Waals surface area contributed by atoms with E-state index in [-0.39, 0.29) is 6.61 Å². The molecular weight excluding hydrogens is 248 g/mol. The van der Waals surface area contributed by atoms with Crippen LogP contribution in [0.1, 0.15) is 0 Å². The zero-order valence-electron chi connectivity index (χ0n) is 10.4. The number of aldehydes is 1. The van der Waals surface area contributed by atoms with Crippen LogP contribution in [0.2, 0.25) is 0 Å². The molecule has 0 amide bonds. The number of carbonyl (C=O) groups excluding carboxylic acids is 1. The molecule has 0 N–H and O–H groups in total. The fourth-order valence-corrected chi connectivity index (χ4v) is 1.55. The lowest BCUT2D eigenvalue weighted by Crippen LogP contribution is -2.56. The molecule has 0 radical (unpaired) electrons. The molecule has 3 atom stereocenters. The summed E-state index contributed by atoms with van der Waals surface area (Å²) in [5.41, 5.74) is -1.48. The summed E-state index contributed by atoms with van der Waals surface area (Å²) in [6.45, 7) is 0.0114. The summed E-state index contributed by atoms with van der Waals surface area (Å²) in [6.07, 6.45) is 1.60. The fourth-order valence-electron chi connectivity index (χ4n) is 1.55. The van der Waals surface area contributed by atoms with E-state index < -0.39 is 17.8 Å². The molecule has 0 saturated carbocycles. The van der Waals surface area contributed by atoms with Crippen LogP contribution in [-0.4, -0.2) is 52.0 Å². The Morgan fingerprint density at radius 1 is 1.28 bits per heavy atom. The van der Waals surface area contributed by atoms with Crippen LogP contribution in [0.5, 0.6) is 0 Å². The second-order valence-electron chi connectivity index (χ2n) is 3.33. The molecule has 104 valence electrons. The standard InChI is InChI=1S/C10H16O8/c1-12-16-6-8-9(17-13-2)10(7-11,18-14-3)4-5-15-8/h4-5,7-9H,6H2,1-3H3/t8-,9+,10+/m1/s1. The third-order valence-electron chi connectivity index (χ3n) is 2.33. The van der Waals surface area contributed by atoms with Crippen molar-refractivity contribution >= 4 is 6.29 Å². The van der Waals surface area contributed by atoms with Crippen molar-refractivity contribution < 1.29 is 38.9 Å². The molecule has 8 heteroatoms. The molecule has 0 bridgehead atoms. The Morgan fingerprint density at radius 3 is 2.61 bits per heavy atom. The molecule has 0 unspecified atom stereocenters. The molecule has 0 aromatic heterocycles. The van der Waals surface area contributed by atoms with Crippen LogP contribution < -0.4 is 0 Å². The molecule has 8 nitrogen and oxygen atoms in total. The molecule has 1 rings (SSSR count). The minimum Gasteiger partial charge on any atom is -0.493 e. The molecule has 1 aliphatic rings. The maximum absolute atomic E-state index is 11.3. The lowest BCUT2D eigenvalue weighted by atomic mass is 9.92. The second-order valence-corrected chi connectivity index (χ2v) is 3.33. The summed E-state index contributed by atoms with van der Waals surface area (Å²) in [4.78, 5) is 39.6. The minimum atomic E-state index is -1.48. The summed E-state index contributed by atoms with van der Waals surface area (Å²) in [5.74, 6) is 0. The van der Waals surface area contributed by atoms with Crippen molar-refractivity contribution in [2.24, 2.45) is 0 Å². The van der Waals surface area contributed by atoms with Crippen LogP contribution in [0.25, 0.3) is 0 Å². The first-order valence-electron chi connectivity index (χ1n) is 5.10. The number of carbonyl (C=O) groups is 1. The highest BCUT2D eigenvalue weighted by Gasteiger charge is 2.49. The van der Waals surface area contributed by atoms with Gasteiger partial charge in [0.25, 0.3) is 0 Å².